The summed E-state index contributed by atoms with van der Waals surface area (Å²) in [7, 11) is 1.48. The maximum atomic E-state index is 14.0. The summed E-state index contributed by atoms with van der Waals surface area (Å²) < 4.78 is 47.3. The van der Waals surface area contributed by atoms with E-state index >= 15 is 0 Å². The Morgan fingerprint density at radius 2 is 2.00 bits per heavy atom. The van der Waals surface area contributed by atoms with Crippen LogP contribution >= 0.6 is 35.0 Å². The van der Waals surface area contributed by atoms with Gasteiger partial charge in [-0.05, 0) is 18.2 Å². The molecule has 4 unspecified atom stereocenters. The molecule has 1 N–H and O–H groups in total. The molecule has 2 saturated heterocycles. The third kappa shape index (κ3) is 4.56. The molecule has 2 aliphatic heterocycles. The van der Waals surface area contributed by atoms with Crippen molar-refractivity contribution < 1.29 is 28.1 Å². The quantitative estimate of drug-likeness (QED) is 0.471. The molecule has 4 heterocycles. The molecule has 0 bridgehead atoms. The first kappa shape index (κ1) is 25.3. The zero-order chi connectivity index (χ0) is 25.6. The van der Waals surface area contributed by atoms with Crippen LogP contribution in [0.5, 0.6) is 0 Å². The summed E-state index contributed by atoms with van der Waals surface area (Å²) in [4.78, 5) is 4.51. The van der Waals surface area contributed by atoms with Crippen molar-refractivity contribution in [3.8, 4) is 17.3 Å². The van der Waals surface area contributed by atoms with E-state index in [0.717, 1.165) is 23.9 Å². The van der Waals surface area contributed by atoms with E-state index in [9.17, 15) is 19.1 Å². The highest BCUT2D eigenvalue weighted by Gasteiger charge is 2.54. The molecular weight excluding hydrogens is 539 g/mol. The Hall–Kier alpha value is -2.37. The van der Waals surface area contributed by atoms with Gasteiger partial charge >= 0.3 is 0 Å². The molecule has 2 aromatic heterocycles. The molecule has 3 aromatic rings. The van der Waals surface area contributed by atoms with Crippen molar-refractivity contribution >= 4 is 35.0 Å². The largest absolute Gasteiger partial charge is 0.388 e. The molecule has 0 saturated carbocycles. The van der Waals surface area contributed by atoms with Crippen LogP contribution in [0.3, 0.4) is 0 Å². The highest BCUT2D eigenvalue weighted by molar-refractivity contribution is 7.99. The second-order valence-electron chi connectivity index (χ2n) is 8.09. The number of pyridine rings is 1. The number of halogens is 4. The number of aliphatic hydroxyl groups is 1. The number of aliphatic hydroxyl groups excluding tert-OH is 1. The van der Waals surface area contributed by atoms with Crippen LogP contribution in [-0.4, -0.2) is 68.7 Å². The van der Waals surface area contributed by atoms with Gasteiger partial charge in [0.1, 0.15) is 64.3 Å². The first-order chi connectivity index (χ1) is 17.3. The minimum Gasteiger partial charge on any atom is -0.388 e. The molecule has 36 heavy (non-hydrogen) atoms. The number of nitriles is 1. The van der Waals surface area contributed by atoms with E-state index < -0.39 is 52.6 Å². The monoisotopic (exact) mass is 555 g/mol. The fraction of sp³-hybridized carbons (Fsp3) is 0.364. The minimum absolute atomic E-state index is 0.0248. The fourth-order valence-electron chi connectivity index (χ4n) is 4.28. The maximum Gasteiger partial charge on any atom is 0.154 e. The molecule has 1 aromatic carbocycles. The molecule has 0 amide bonds. The topological polar surface area (TPSA) is 115 Å². The Kier molecular flexibility index (Phi) is 7.15. The van der Waals surface area contributed by atoms with E-state index in [2.05, 4.69) is 15.3 Å². The SMILES string of the molecule is COC1C(n2cc(-c3cc(F)c(Cl)c(F)c3)nn2)[C@H]2OCC(O)C2O[C@@H]1Sc1cc(Cl)cnc1C#N. The first-order valence-electron chi connectivity index (χ1n) is 10.6. The van der Waals surface area contributed by atoms with Gasteiger partial charge in [-0.3, -0.25) is 0 Å². The summed E-state index contributed by atoms with van der Waals surface area (Å²) in [5.41, 5.74) is -0.251. The molecule has 5 rings (SSSR count). The van der Waals surface area contributed by atoms with Crippen molar-refractivity contribution in [3.05, 3.63) is 58.0 Å². The number of methoxy groups -OCH3 is 1. The standard InChI is InChI=1S/C22H17Cl2F2N5O4S/c1-33-21-18(31-7-14(29-30-31)9-2-11(25)17(24)12(26)3-9)20-19(15(32)8-34-20)35-22(21)36-16-4-10(23)6-28-13(16)5-27/h2-4,6-7,15,18-22,32H,8H2,1H3/t15?,18?,19?,20-,21?,22-/m1/s1. The third-order valence-electron chi connectivity index (χ3n) is 5.93. The van der Waals surface area contributed by atoms with Crippen molar-refractivity contribution in [2.45, 2.75) is 40.8 Å². The highest BCUT2D eigenvalue weighted by atomic mass is 35.5. The summed E-state index contributed by atoms with van der Waals surface area (Å²) in [6.45, 7) is 0.0248. The first-order valence-corrected chi connectivity index (χ1v) is 12.2. The third-order valence-corrected chi connectivity index (χ3v) is 7.68. The molecule has 9 nitrogen and oxygen atoms in total. The molecule has 0 spiro atoms. The van der Waals surface area contributed by atoms with E-state index in [1.165, 1.54) is 24.2 Å². The van der Waals surface area contributed by atoms with Crippen LogP contribution in [-0.2, 0) is 14.2 Å². The van der Waals surface area contributed by atoms with E-state index in [4.69, 9.17) is 37.4 Å². The minimum atomic E-state index is -0.927. The second-order valence-corrected chi connectivity index (χ2v) is 10.0. The van der Waals surface area contributed by atoms with E-state index in [1.54, 1.807) is 6.07 Å². The number of ether oxygens (including phenoxy) is 3. The highest BCUT2D eigenvalue weighted by Crippen LogP contribution is 2.44. The smallest absolute Gasteiger partial charge is 0.154 e. The van der Waals surface area contributed by atoms with Gasteiger partial charge in [-0.1, -0.05) is 40.2 Å². The number of nitrogens with zero attached hydrogens (tertiary/aromatic N) is 5. The number of aromatic nitrogens is 4. The van der Waals surface area contributed by atoms with Gasteiger partial charge in [0.25, 0.3) is 0 Å². The zero-order valence-corrected chi connectivity index (χ0v) is 20.7. The van der Waals surface area contributed by atoms with Crippen LogP contribution in [0.4, 0.5) is 8.78 Å². The lowest BCUT2D eigenvalue weighted by molar-refractivity contribution is -0.170. The van der Waals surface area contributed by atoms with Crippen LogP contribution in [0.15, 0.2) is 35.5 Å². The average molecular weight is 556 g/mol. The van der Waals surface area contributed by atoms with Gasteiger partial charge in [-0.15, -0.1) is 5.10 Å². The molecule has 188 valence electrons. The van der Waals surface area contributed by atoms with Gasteiger partial charge in [0.15, 0.2) is 5.69 Å². The Labute approximate surface area is 217 Å². The van der Waals surface area contributed by atoms with E-state index in [1.807, 2.05) is 6.07 Å². The lowest BCUT2D eigenvalue weighted by Crippen LogP contribution is -2.55. The van der Waals surface area contributed by atoms with Crippen molar-refractivity contribution in [1.29, 1.82) is 5.26 Å². The van der Waals surface area contributed by atoms with Crippen LogP contribution in [0.2, 0.25) is 10.0 Å². The van der Waals surface area contributed by atoms with Crippen LogP contribution in [0.25, 0.3) is 11.3 Å². The van der Waals surface area contributed by atoms with Crippen LogP contribution in [0, 0.1) is 23.0 Å². The van der Waals surface area contributed by atoms with Gasteiger partial charge in [-0.25, -0.2) is 18.4 Å². The predicted molar refractivity (Wildman–Crippen MR) is 124 cm³/mol. The Balaban J connectivity index is 1.52. The number of fused-ring (bicyclic) bond motifs is 1. The van der Waals surface area contributed by atoms with Gasteiger partial charge in [0.05, 0.1) is 17.8 Å². The summed E-state index contributed by atoms with van der Waals surface area (Å²) >= 11 is 12.8. The van der Waals surface area contributed by atoms with E-state index in [-0.39, 0.29) is 23.6 Å². The van der Waals surface area contributed by atoms with Gasteiger partial charge in [0, 0.05) is 23.8 Å². The summed E-state index contributed by atoms with van der Waals surface area (Å²) in [5, 5.41) is 27.9. The van der Waals surface area contributed by atoms with Crippen molar-refractivity contribution in [1.82, 2.24) is 20.0 Å². The van der Waals surface area contributed by atoms with Crippen LogP contribution in [0.1, 0.15) is 11.7 Å². The predicted octanol–water partition coefficient (Wildman–Crippen LogP) is 3.63. The summed E-state index contributed by atoms with van der Waals surface area (Å²) in [6.07, 6.45) is -0.169. The fourth-order valence-corrected chi connectivity index (χ4v) is 5.86. The number of hydrogen-bond donors (Lipinski definition) is 1. The van der Waals surface area contributed by atoms with Gasteiger partial charge < -0.3 is 19.3 Å². The second kappa shape index (κ2) is 10.2. The van der Waals surface area contributed by atoms with Crippen LogP contribution < -0.4 is 0 Å². The lowest BCUT2D eigenvalue weighted by Gasteiger charge is -2.43. The Morgan fingerprint density at radius 1 is 1.25 bits per heavy atom. The molecule has 2 aliphatic rings. The molecular formula is C22H17Cl2F2N5O4S. The molecule has 6 atom stereocenters. The Bertz CT molecular complexity index is 1320. The number of hydrogen-bond acceptors (Lipinski definition) is 9. The summed E-state index contributed by atoms with van der Waals surface area (Å²) in [5.74, 6) is -1.85. The maximum absolute atomic E-state index is 14.0. The van der Waals surface area contributed by atoms with Crippen molar-refractivity contribution in [2.24, 2.45) is 0 Å². The number of rotatable bonds is 5. The number of benzene rings is 1. The van der Waals surface area contributed by atoms with E-state index in [0.29, 0.717) is 9.92 Å². The van der Waals surface area contributed by atoms with Crippen molar-refractivity contribution in [3.63, 3.8) is 0 Å². The lowest BCUT2D eigenvalue weighted by atomic mass is 9.96. The average Bonchev–Trinajstić information content (AvgIpc) is 3.49. The van der Waals surface area contributed by atoms with Gasteiger partial charge in [-0.2, -0.15) is 5.26 Å². The number of thioether (sulfide) groups is 1. The summed E-state index contributed by atoms with van der Waals surface area (Å²) in [6, 6.07) is 5.08. The molecule has 0 radical (unpaired) electrons. The molecule has 14 heteroatoms. The molecule has 2 fully saturated rings. The van der Waals surface area contributed by atoms with Gasteiger partial charge in [0.2, 0.25) is 0 Å². The Morgan fingerprint density at radius 3 is 2.69 bits per heavy atom. The van der Waals surface area contributed by atoms with Crippen molar-refractivity contribution in [2.75, 3.05) is 13.7 Å². The molecule has 0 aliphatic carbocycles. The normalized spacial score (nSPS) is 27.6. The zero-order valence-electron chi connectivity index (χ0n) is 18.4.